The van der Waals surface area contributed by atoms with Gasteiger partial charge in [0.2, 0.25) is 0 Å². The van der Waals surface area contributed by atoms with Crippen LogP contribution in [0, 0.1) is 6.92 Å². The highest BCUT2D eigenvalue weighted by atomic mass is 35.5. The van der Waals surface area contributed by atoms with Gasteiger partial charge in [-0.1, -0.05) is 11.6 Å². The lowest BCUT2D eigenvalue weighted by Crippen LogP contribution is -2.02. The molecule has 0 spiro atoms. The summed E-state index contributed by atoms with van der Waals surface area (Å²) < 4.78 is 4.90. The van der Waals surface area contributed by atoms with E-state index in [1.165, 1.54) is 6.92 Å². The summed E-state index contributed by atoms with van der Waals surface area (Å²) in [4.78, 5) is 10.6. The third-order valence-electron chi connectivity index (χ3n) is 1.39. The van der Waals surface area contributed by atoms with E-state index < -0.39 is 0 Å². The largest absolute Gasteiger partial charge is 0.426 e. The molecule has 0 bridgehead atoms. The van der Waals surface area contributed by atoms with Gasteiger partial charge in [-0.3, -0.25) is 4.79 Å². The van der Waals surface area contributed by atoms with Gasteiger partial charge in [-0.05, 0) is 30.7 Å². The third kappa shape index (κ3) is 2.24. The Balaban J connectivity index is 2.93. The van der Waals surface area contributed by atoms with Crippen LogP contribution in [0.4, 0.5) is 0 Å². The van der Waals surface area contributed by atoms with Gasteiger partial charge in [-0.2, -0.15) is 0 Å². The fourth-order valence-electron chi connectivity index (χ4n) is 0.882. The number of aryl methyl sites for hydroxylation is 1. The fourth-order valence-corrected chi connectivity index (χ4v) is 1.11. The molecule has 0 aliphatic carbocycles. The van der Waals surface area contributed by atoms with E-state index in [1.54, 1.807) is 18.2 Å². The minimum Gasteiger partial charge on any atom is -0.426 e. The zero-order valence-corrected chi connectivity index (χ0v) is 7.68. The van der Waals surface area contributed by atoms with Crippen LogP contribution in [0.2, 0.25) is 5.02 Å². The van der Waals surface area contributed by atoms with Gasteiger partial charge in [0.25, 0.3) is 0 Å². The summed E-state index contributed by atoms with van der Waals surface area (Å²) in [6.07, 6.45) is 0. The molecular formula is C9H9ClO2. The molecule has 12 heavy (non-hydrogen) atoms. The molecule has 0 amide bonds. The van der Waals surface area contributed by atoms with Crippen LogP contribution in [0.25, 0.3) is 0 Å². The summed E-state index contributed by atoms with van der Waals surface area (Å²) >= 11 is 5.71. The summed E-state index contributed by atoms with van der Waals surface area (Å²) in [6.45, 7) is 3.21. The van der Waals surface area contributed by atoms with Gasteiger partial charge in [-0.15, -0.1) is 0 Å². The number of hydrogen-bond donors (Lipinski definition) is 0. The van der Waals surface area contributed by atoms with Crippen molar-refractivity contribution in [2.45, 2.75) is 13.8 Å². The van der Waals surface area contributed by atoms with E-state index in [1.807, 2.05) is 6.92 Å². The minimum absolute atomic E-state index is 0.319. The Labute approximate surface area is 76.1 Å². The van der Waals surface area contributed by atoms with Gasteiger partial charge >= 0.3 is 5.97 Å². The molecule has 1 rings (SSSR count). The highest BCUT2D eigenvalue weighted by Crippen LogP contribution is 2.21. The summed E-state index contributed by atoms with van der Waals surface area (Å²) in [5.41, 5.74) is 0.859. The molecule has 0 atom stereocenters. The standard InChI is InChI=1S/C9H9ClO2/c1-6-5-8(10)3-4-9(6)12-7(2)11/h3-5H,1-2H3. The highest BCUT2D eigenvalue weighted by Gasteiger charge is 2.01. The van der Waals surface area contributed by atoms with Crippen molar-refractivity contribution in [3.8, 4) is 5.75 Å². The first kappa shape index (κ1) is 9.07. The Kier molecular flexibility index (Phi) is 2.71. The summed E-state index contributed by atoms with van der Waals surface area (Å²) in [5.74, 6) is 0.243. The summed E-state index contributed by atoms with van der Waals surface area (Å²) in [6, 6.07) is 5.12. The molecule has 2 nitrogen and oxygen atoms in total. The maximum absolute atomic E-state index is 10.6. The number of ether oxygens (including phenoxy) is 1. The Morgan fingerprint density at radius 2 is 2.17 bits per heavy atom. The van der Waals surface area contributed by atoms with E-state index >= 15 is 0 Å². The number of rotatable bonds is 1. The van der Waals surface area contributed by atoms with Crippen molar-refractivity contribution in [1.82, 2.24) is 0 Å². The zero-order valence-electron chi connectivity index (χ0n) is 6.93. The molecule has 0 radical (unpaired) electrons. The molecule has 3 heteroatoms. The van der Waals surface area contributed by atoms with E-state index in [0.717, 1.165) is 5.56 Å². The lowest BCUT2D eigenvalue weighted by atomic mass is 10.2. The van der Waals surface area contributed by atoms with Crippen LogP contribution in [-0.2, 0) is 4.79 Å². The average molecular weight is 185 g/mol. The van der Waals surface area contributed by atoms with Crippen molar-refractivity contribution in [2.75, 3.05) is 0 Å². The second kappa shape index (κ2) is 3.59. The molecule has 1 aromatic rings. The quantitative estimate of drug-likeness (QED) is 0.495. The number of esters is 1. The average Bonchev–Trinajstić information content (AvgIpc) is 1.94. The molecule has 0 saturated heterocycles. The lowest BCUT2D eigenvalue weighted by Gasteiger charge is -2.04. The van der Waals surface area contributed by atoms with Gasteiger partial charge in [0.1, 0.15) is 5.75 Å². The first-order valence-corrected chi connectivity index (χ1v) is 3.92. The van der Waals surface area contributed by atoms with Gasteiger partial charge < -0.3 is 4.74 Å². The van der Waals surface area contributed by atoms with E-state index in [2.05, 4.69) is 0 Å². The third-order valence-corrected chi connectivity index (χ3v) is 1.63. The molecule has 0 heterocycles. The molecule has 0 aliphatic heterocycles. The molecule has 1 aromatic carbocycles. The number of carbonyl (C=O) groups excluding carboxylic acids is 1. The van der Waals surface area contributed by atoms with Crippen LogP contribution in [0.1, 0.15) is 12.5 Å². The molecule has 0 aliphatic rings. The Morgan fingerprint density at radius 1 is 1.50 bits per heavy atom. The van der Waals surface area contributed by atoms with E-state index in [4.69, 9.17) is 16.3 Å². The Hall–Kier alpha value is -1.02. The van der Waals surface area contributed by atoms with Crippen molar-refractivity contribution in [3.63, 3.8) is 0 Å². The predicted molar refractivity (Wildman–Crippen MR) is 47.5 cm³/mol. The molecule has 64 valence electrons. The van der Waals surface area contributed by atoms with E-state index in [-0.39, 0.29) is 5.97 Å². The zero-order chi connectivity index (χ0) is 9.14. The number of benzene rings is 1. The normalized spacial score (nSPS) is 9.58. The van der Waals surface area contributed by atoms with Gasteiger partial charge in [-0.25, -0.2) is 0 Å². The molecule has 0 aromatic heterocycles. The van der Waals surface area contributed by atoms with Crippen molar-refractivity contribution < 1.29 is 9.53 Å². The second-order valence-electron chi connectivity index (χ2n) is 2.50. The lowest BCUT2D eigenvalue weighted by molar-refractivity contribution is -0.131. The first-order valence-electron chi connectivity index (χ1n) is 3.54. The fraction of sp³-hybridized carbons (Fsp3) is 0.222. The smallest absolute Gasteiger partial charge is 0.308 e. The van der Waals surface area contributed by atoms with Gasteiger partial charge in [0, 0.05) is 11.9 Å². The number of halogens is 1. The SMILES string of the molecule is CC(=O)Oc1ccc(Cl)cc1C. The molecule has 0 fully saturated rings. The summed E-state index contributed by atoms with van der Waals surface area (Å²) in [5, 5.41) is 0.642. The van der Waals surface area contributed by atoms with Gasteiger partial charge in [0.15, 0.2) is 0 Å². The predicted octanol–water partition coefficient (Wildman–Crippen LogP) is 2.57. The van der Waals surface area contributed by atoms with Gasteiger partial charge in [0.05, 0.1) is 0 Å². The summed E-state index contributed by atoms with van der Waals surface area (Å²) in [7, 11) is 0. The minimum atomic E-state index is -0.319. The maximum Gasteiger partial charge on any atom is 0.308 e. The first-order chi connectivity index (χ1) is 5.59. The van der Waals surface area contributed by atoms with Crippen molar-refractivity contribution >= 4 is 17.6 Å². The highest BCUT2D eigenvalue weighted by molar-refractivity contribution is 6.30. The number of carbonyl (C=O) groups is 1. The number of hydrogen-bond acceptors (Lipinski definition) is 2. The second-order valence-corrected chi connectivity index (χ2v) is 2.94. The van der Waals surface area contributed by atoms with Crippen molar-refractivity contribution in [3.05, 3.63) is 28.8 Å². The molecule has 0 N–H and O–H groups in total. The Morgan fingerprint density at radius 3 is 2.67 bits per heavy atom. The molecular weight excluding hydrogens is 176 g/mol. The molecule has 0 unspecified atom stereocenters. The van der Waals surface area contributed by atoms with Crippen LogP contribution in [-0.4, -0.2) is 5.97 Å². The van der Waals surface area contributed by atoms with Crippen molar-refractivity contribution in [2.24, 2.45) is 0 Å². The van der Waals surface area contributed by atoms with E-state index in [9.17, 15) is 4.79 Å². The van der Waals surface area contributed by atoms with E-state index in [0.29, 0.717) is 10.8 Å². The topological polar surface area (TPSA) is 26.3 Å². The molecule has 0 saturated carbocycles. The maximum atomic E-state index is 10.6. The van der Waals surface area contributed by atoms with Crippen LogP contribution in [0.3, 0.4) is 0 Å². The van der Waals surface area contributed by atoms with Crippen molar-refractivity contribution in [1.29, 1.82) is 0 Å². The Bertz CT molecular complexity index is 307. The van der Waals surface area contributed by atoms with Crippen LogP contribution >= 0.6 is 11.6 Å². The monoisotopic (exact) mass is 184 g/mol. The van der Waals surface area contributed by atoms with Crippen LogP contribution in [0.15, 0.2) is 18.2 Å². The van der Waals surface area contributed by atoms with Crippen LogP contribution < -0.4 is 4.74 Å². The van der Waals surface area contributed by atoms with Crippen LogP contribution in [0.5, 0.6) is 5.75 Å².